The van der Waals surface area contributed by atoms with E-state index in [1.54, 1.807) is 0 Å². The van der Waals surface area contributed by atoms with Crippen molar-refractivity contribution < 1.29 is 14.3 Å². The molecule has 2 bridgehead atoms. The van der Waals surface area contributed by atoms with Gasteiger partial charge in [0.15, 0.2) is 5.78 Å². The Kier molecular flexibility index (Phi) is 3.81. The molecule has 21 heavy (non-hydrogen) atoms. The molecule has 4 atom stereocenters. The maximum absolute atomic E-state index is 12.7. The number of piperidine rings is 1. The number of carbonyl (C=O) groups is 2. The second-order valence-corrected chi connectivity index (χ2v) is 5.94. The second kappa shape index (κ2) is 5.60. The molecule has 3 rings (SSSR count). The van der Waals surface area contributed by atoms with Gasteiger partial charge >= 0.3 is 5.97 Å². The highest BCUT2D eigenvalue weighted by atomic mass is 16.5. The van der Waals surface area contributed by atoms with Gasteiger partial charge in [0.2, 0.25) is 0 Å². The van der Waals surface area contributed by atoms with Gasteiger partial charge in [0.05, 0.1) is 18.6 Å². The van der Waals surface area contributed by atoms with E-state index in [9.17, 15) is 9.59 Å². The Morgan fingerprint density at radius 3 is 2.67 bits per heavy atom. The lowest BCUT2D eigenvalue weighted by molar-refractivity contribution is -0.149. The molecule has 4 heteroatoms. The Labute approximate surface area is 125 Å². The zero-order chi connectivity index (χ0) is 15.0. The van der Waals surface area contributed by atoms with Crippen LogP contribution in [0.5, 0.6) is 0 Å². The summed E-state index contributed by atoms with van der Waals surface area (Å²) in [6, 6.07) is 9.86. The second-order valence-electron chi connectivity index (χ2n) is 5.94. The Bertz CT molecular complexity index is 542. The number of ketones is 1. The van der Waals surface area contributed by atoms with Gasteiger partial charge in [0, 0.05) is 12.0 Å². The van der Waals surface area contributed by atoms with Crippen molar-refractivity contribution in [2.75, 3.05) is 13.7 Å². The Morgan fingerprint density at radius 2 is 2.00 bits per heavy atom. The van der Waals surface area contributed by atoms with Crippen LogP contribution in [-0.2, 0) is 14.3 Å². The van der Waals surface area contributed by atoms with Crippen LogP contribution in [0.25, 0.3) is 0 Å². The average molecular weight is 287 g/mol. The molecule has 0 unspecified atom stereocenters. The summed E-state index contributed by atoms with van der Waals surface area (Å²) in [5, 5.41) is 0. The van der Waals surface area contributed by atoms with Gasteiger partial charge in [-0.05, 0) is 32.4 Å². The quantitative estimate of drug-likeness (QED) is 0.798. The maximum Gasteiger partial charge on any atom is 0.310 e. The van der Waals surface area contributed by atoms with E-state index in [2.05, 4.69) is 4.90 Å². The predicted octanol–water partition coefficient (Wildman–Crippen LogP) is 2.00. The van der Waals surface area contributed by atoms with E-state index >= 15 is 0 Å². The third kappa shape index (κ3) is 2.38. The van der Waals surface area contributed by atoms with Crippen molar-refractivity contribution in [2.24, 2.45) is 5.92 Å². The molecule has 2 aliphatic rings. The SMILES string of the molecule is CCOC(=O)[C@@H]1C[C@@H]2C(=O)[C@@H](c3ccccc3)C[C@H]1N2C. The zero-order valence-electron chi connectivity index (χ0n) is 12.5. The van der Waals surface area contributed by atoms with E-state index in [1.165, 1.54) is 0 Å². The van der Waals surface area contributed by atoms with Gasteiger partial charge in [-0.1, -0.05) is 30.3 Å². The highest BCUT2D eigenvalue weighted by molar-refractivity contribution is 5.93. The number of Topliss-reactive ketones (excluding diaryl/α,β-unsaturated/α-hetero) is 1. The fourth-order valence-corrected chi connectivity index (χ4v) is 3.80. The number of hydrogen-bond acceptors (Lipinski definition) is 4. The van der Waals surface area contributed by atoms with Crippen molar-refractivity contribution in [3.05, 3.63) is 35.9 Å². The molecular weight excluding hydrogens is 266 g/mol. The van der Waals surface area contributed by atoms with Crippen molar-refractivity contribution in [3.8, 4) is 0 Å². The predicted molar refractivity (Wildman–Crippen MR) is 78.9 cm³/mol. The van der Waals surface area contributed by atoms with E-state index in [0.717, 1.165) is 5.56 Å². The van der Waals surface area contributed by atoms with E-state index in [1.807, 2.05) is 44.3 Å². The van der Waals surface area contributed by atoms with Gasteiger partial charge in [-0.15, -0.1) is 0 Å². The van der Waals surface area contributed by atoms with Gasteiger partial charge in [0.25, 0.3) is 0 Å². The molecule has 1 aromatic rings. The number of esters is 1. The molecule has 1 aromatic carbocycles. The number of rotatable bonds is 3. The van der Waals surface area contributed by atoms with E-state index in [4.69, 9.17) is 4.74 Å². The standard InChI is InChI=1S/C17H21NO3/c1-3-21-17(20)13-10-15-16(19)12(9-14(13)18(15)2)11-7-5-4-6-8-11/h4-8,12-15H,3,9-10H2,1-2H3/t12-,13-,14-,15-/m1/s1. The first-order valence-corrected chi connectivity index (χ1v) is 7.60. The van der Waals surface area contributed by atoms with Crippen LogP contribution in [0.15, 0.2) is 30.3 Å². The fourth-order valence-electron chi connectivity index (χ4n) is 3.80. The molecule has 2 fully saturated rings. The fraction of sp³-hybridized carbons (Fsp3) is 0.529. The topological polar surface area (TPSA) is 46.6 Å². The summed E-state index contributed by atoms with van der Waals surface area (Å²) in [5.74, 6) is -0.167. The molecule has 2 aliphatic heterocycles. The molecule has 112 valence electrons. The van der Waals surface area contributed by atoms with E-state index in [0.29, 0.717) is 19.4 Å². The first-order valence-electron chi connectivity index (χ1n) is 7.60. The monoisotopic (exact) mass is 287 g/mol. The number of carbonyl (C=O) groups excluding carboxylic acids is 2. The molecular formula is C17H21NO3. The largest absolute Gasteiger partial charge is 0.466 e. The molecule has 0 aliphatic carbocycles. The summed E-state index contributed by atoms with van der Waals surface area (Å²) in [6.07, 6.45) is 1.31. The summed E-state index contributed by atoms with van der Waals surface area (Å²) in [7, 11) is 1.95. The van der Waals surface area contributed by atoms with Gasteiger partial charge in [-0.3, -0.25) is 14.5 Å². The van der Waals surface area contributed by atoms with Crippen molar-refractivity contribution >= 4 is 11.8 Å². The number of hydrogen-bond donors (Lipinski definition) is 0. The lowest BCUT2D eigenvalue weighted by Crippen LogP contribution is -2.47. The van der Waals surface area contributed by atoms with E-state index < -0.39 is 0 Å². The van der Waals surface area contributed by atoms with Crippen molar-refractivity contribution in [1.82, 2.24) is 4.90 Å². The summed E-state index contributed by atoms with van der Waals surface area (Å²) >= 11 is 0. The number of likely N-dealkylation sites (N-methyl/N-ethyl adjacent to an activating group) is 1. The minimum Gasteiger partial charge on any atom is -0.466 e. The summed E-state index contributed by atoms with van der Waals surface area (Å²) < 4.78 is 5.18. The number of benzene rings is 1. The Hall–Kier alpha value is -1.68. The van der Waals surface area contributed by atoms with Crippen LogP contribution in [0, 0.1) is 5.92 Å². The van der Waals surface area contributed by atoms with Crippen LogP contribution < -0.4 is 0 Å². The number of fused-ring (bicyclic) bond motifs is 2. The third-order valence-electron chi connectivity index (χ3n) is 4.90. The van der Waals surface area contributed by atoms with Gasteiger partial charge in [-0.2, -0.15) is 0 Å². The van der Waals surface area contributed by atoms with Crippen molar-refractivity contribution in [2.45, 2.75) is 37.8 Å². The lowest BCUT2D eigenvalue weighted by Gasteiger charge is -2.36. The average Bonchev–Trinajstić information content (AvgIpc) is 2.72. The minimum absolute atomic E-state index is 0.0863. The summed E-state index contributed by atoms with van der Waals surface area (Å²) in [6.45, 7) is 2.22. The highest BCUT2D eigenvalue weighted by Crippen LogP contribution is 2.43. The van der Waals surface area contributed by atoms with Crippen LogP contribution in [-0.4, -0.2) is 42.4 Å². The van der Waals surface area contributed by atoms with Crippen molar-refractivity contribution in [1.29, 1.82) is 0 Å². The van der Waals surface area contributed by atoms with Gasteiger partial charge in [0.1, 0.15) is 0 Å². The van der Waals surface area contributed by atoms with Crippen molar-refractivity contribution in [3.63, 3.8) is 0 Å². The summed E-state index contributed by atoms with van der Waals surface area (Å²) in [5.41, 5.74) is 1.06. The summed E-state index contributed by atoms with van der Waals surface area (Å²) in [4.78, 5) is 26.9. The first-order chi connectivity index (χ1) is 10.1. The molecule has 0 spiro atoms. The molecule has 0 radical (unpaired) electrons. The van der Waals surface area contributed by atoms with Crippen LogP contribution >= 0.6 is 0 Å². The van der Waals surface area contributed by atoms with Gasteiger partial charge in [-0.25, -0.2) is 0 Å². The molecule has 0 N–H and O–H groups in total. The maximum atomic E-state index is 12.7. The molecule has 2 saturated heterocycles. The number of nitrogens with zero attached hydrogens (tertiary/aromatic N) is 1. The Balaban J connectivity index is 1.86. The minimum atomic E-state index is -0.169. The molecule has 0 amide bonds. The molecule has 0 aromatic heterocycles. The van der Waals surface area contributed by atoms with E-state index in [-0.39, 0.29) is 35.7 Å². The first kappa shape index (κ1) is 14.3. The zero-order valence-corrected chi connectivity index (χ0v) is 12.5. The van der Waals surface area contributed by atoms with Gasteiger partial charge < -0.3 is 4.74 Å². The molecule has 0 saturated carbocycles. The third-order valence-corrected chi connectivity index (χ3v) is 4.90. The Morgan fingerprint density at radius 1 is 1.29 bits per heavy atom. The number of ether oxygens (including phenoxy) is 1. The molecule has 2 heterocycles. The van der Waals surface area contributed by atoms with Crippen LogP contribution in [0.3, 0.4) is 0 Å². The highest BCUT2D eigenvalue weighted by Gasteiger charge is 2.52. The lowest BCUT2D eigenvalue weighted by atomic mass is 9.83. The normalized spacial score (nSPS) is 32.2. The van der Waals surface area contributed by atoms with Crippen LogP contribution in [0.1, 0.15) is 31.2 Å². The molecule has 4 nitrogen and oxygen atoms in total. The van der Waals surface area contributed by atoms with Crippen LogP contribution in [0.2, 0.25) is 0 Å². The smallest absolute Gasteiger partial charge is 0.310 e. The van der Waals surface area contributed by atoms with Crippen LogP contribution in [0.4, 0.5) is 0 Å².